The maximum atomic E-state index is 13.5. The number of halogens is 6. The summed E-state index contributed by atoms with van der Waals surface area (Å²) in [6, 6.07) is 14.6. The molecule has 0 saturated heterocycles. The largest absolute Gasteiger partial charge is 0.450 e. The molecule has 0 amide bonds. The van der Waals surface area contributed by atoms with Crippen molar-refractivity contribution < 1.29 is 58.4 Å². The Balaban J connectivity index is 1.59. The number of ether oxygens (including phenoxy) is 2. The monoisotopic (exact) mass is 566 g/mol. The molecule has 2 aromatic carbocycles. The molecule has 38 heavy (non-hydrogen) atoms. The first-order valence-electron chi connectivity index (χ1n) is 11.2. The van der Waals surface area contributed by atoms with E-state index in [1.807, 2.05) is 24.3 Å². The van der Waals surface area contributed by atoms with E-state index in [-0.39, 0.29) is 12.3 Å². The Labute approximate surface area is 212 Å². The van der Waals surface area contributed by atoms with Crippen molar-refractivity contribution in [3.05, 3.63) is 70.8 Å². The molecule has 206 valence electrons. The highest BCUT2D eigenvalue weighted by Crippen LogP contribution is 2.55. The minimum absolute atomic E-state index is 0.219. The molecule has 0 spiro atoms. The molecule has 0 aliphatic heterocycles. The second kappa shape index (κ2) is 9.26. The van der Waals surface area contributed by atoms with E-state index in [1.54, 1.807) is 24.3 Å². The van der Waals surface area contributed by atoms with Gasteiger partial charge in [-0.3, -0.25) is 9.35 Å². The van der Waals surface area contributed by atoms with Crippen LogP contribution in [0.3, 0.4) is 0 Å². The highest BCUT2D eigenvalue weighted by molar-refractivity contribution is 7.85. The van der Waals surface area contributed by atoms with Gasteiger partial charge in [0.25, 0.3) is 10.1 Å². The van der Waals surface area contributed by atoms with E-state index >= 15 is 0 Å². The number of carbonyl (C=O) groups excluding carboxylic acids is 2. The van der Waals surface area contributed by atoms with Crippen LogP contribution in [0.25, 0.3) is 0 Å². The third-order valence-electron chi connectivity index (χ3n) is 6.81. The molecule has 0 fully saturated rings. The van der Waals surface area contributed by atoms with E-state index < -0.39 is 63.7 Å². The number of benzene rings is 2. The normalized spacial score (nSPS) is 21.7. The van der Waals surface area contributed by atoms with Gasteiger partial charge in [-0.1, -0.05) is 48.5 Å². The summed E-state index contributed by atoms with van der Waals surface area (Å²) in [6.45, 7) is 0.703. The average molecular weight is 566 g/mol. The van der Waals surface area contributed by atoms with Crippen molar-refractivity contribution in [2.75, 3.05) is 5.75 Å². The molecule has 2 unspecified atom stereocenters. The van der Waals surface area contributed by atoms with E-state index in [4.69, 9.17) is 9.29 Å². The van der Waals surface area contributed by atoms with Gasteiger partial charge in [0.15, 0.2) is 6.10 Å². The number of rotatable bonds is 6. The number of alkyl halides is 6. The maximum absolute atomic E-state index is 13.5. The van der Waals surface area contributed by atoms with Crippen molar-refractivity contribution in [2.24, 2.45) is 5.92 Å². The van der Waals surface area contributed by atoms with E-state index in [0.29, 0.717) is 6.92 Å². The van der Waals surface area contributed by atoms with Crippen molar-refractivity contribution in [2.45, 2.75) is 49.2 Å². The molecule has 2 atom stereocenters. The third kappa shape index (κ3) is 4.75. The van der Waals surface area contributed by atoms with Gasteiger partial charge < -0.3 is 9.47 Å². The summed E-state index contributed by atoms with van der Waals surface area (Å²) in [5, 5.41) is 0. The zero-order chi connectivity index (χ0) is 28.3. The summed E-state index contributed by atoms with van der Waals surface area (Å²) in [4.78, 5) is 25.4. The van der Waals surface area contributed by atoms with Gasteiger partial charge in [0.05, 0.1) is 5.92 Å². The summed E-state index contributed by atoms with van der Waals surface area (Å²) in [7, 11) is -5.95. The van der Waals surface area contributed by atoms with Gasteiger partial charge in [-0.2, -0.15) is 34.8 Å². The fourth-order valence-electron chi connectivity index (χ4n) is 5.16. The highest BCUT2D eigenvalue weighted by atomic mass is 32.2. The molecule has 7 nitrogen and oxygen atoms in total. The van der Waals surface area contributed by atoms with Crippen LogP contribution in [-0.2, 0) is 29.2 Å². The topological polar surface area (TPSA) is 107 Å². The summed E-state index contributed by atoms with van der Waals surface area (Å²) < 4.78 is 120. The SMILES string of the molecule is CC(OC(=O)C1CC2c3ccccc3C1c1ccccc12)C(=O)OC(CS(=O)(=O)O)(C(F)(F)F)C(F)(F)F. The molecule has 1 N–H and O–H groups in total. The number of hydrogen-bond acceptors (Lipinski definition) is 6. The van der Waals surface area contributed by atoms with Crippen molar-refractivity contribution >= 4 is 22.1 Å². The zero-order valence-corrected chi connectivity index (χ0v) is 20.2. The predicted molar refractivity (Wildman–Crippen MR) is 118 cm³/mol. The molecule has 2 aromatic rings. The number of esters is 2. The summed E-state index contributed by atoms with van der Waals surface area (Å²) in [5.74, 6) is -8.05. The number of fused-ring (bicyclic) bond motifs is 1. The minimum atomic E-state index is -6.49. The Bertz CT molecular complexity index is 1310. The molecule has 14 heteroatoms. The first-order chi connectivity index (χ1) is 17.5. The Morgan fingerprint density at radius 2 is 1.37 bits per heavy atom. The van der Waals surface area contributed by atoms with Gasteiger partial charge in [0, 0.05) is 11.8 Å². The Hall–Kier alpha value is -3.13. The van der Waals surface area contributed by atoms with Crippen LogP contribution in [0.4, 0.5) is 26.3 Å². The molecular weight excluding hydrogens is 546 g/mol. The smallest absolute Gasteiger partial charge is 0.438 e. The zero-order valence-electron chi connectivity index (χ0n) is 19.4. The van der Waals surface area contributed by atoms with Gasteiger partial charge in [-0.25, -0.2) is 4.79 Å². The third-order valence-corrected chi connectivity index (χ3v) is 7.58. The average Bonchev–Trinajstić information content (AvgIpc) is 2.81. The molecular formula is C24H20F6O7S. The Morgan fingerprint density at radius 1 is 0.921 bits per heavy atom. The van der Waals surface area contributed by atoms with Crippen LogP contribution >= 0.6 is 0 Å². The summed E-state index contributed by atoms with van der Waals surface area (Å²) in [5.41, 5.74) is -2.04. The quantitative estimate of drug-likeness (QED) is 0.312. The molecule has 0 saturated carbocycles. The van der Waals surface area contributed by atoms with Gasteiger partial charge in [-0.05, 0) is 35.6 Å². The first-order valence-corrected chi connectivity index (χ1v) is 12.8. The molecule has 3 aliphatic carbocycles. The number of hydrogen-bond donors (Lipinski definition) is 1. The van der Waals surface area contributed by atoms with Gasteiger partial charge >= 0.3 is 29.9 Å². The standard InChI is InChI=1S/C24H20F6O7S/c1-12(20(31)37-22(23(25,26)27,24(28,29)30)11-38(33,34)35)36-21(32)18-10-17-13-6-2-4-8-15(13)19(18)16-9-5-3-7-14(16)17/h2-9,12,17-19H,10-11H2,1H3,(H,33,34,35). The van der Waals surface area contributed by atoms with E-state index in [1.165, 1.54) is 0 Å². The van der Waals surface area contributed by atoms with Gasteiger partial charge in [0.2, 0.25) is 0 Å². The minimum Gasteiger partial charge on any atom is -0.450 e. The van der Waals surface area contributed by atoms with Crippen LogP contribution in [0.15, 0.2) is 48.5 Å². The van der Waals surface area contributed by atoms with Gasteiger partial charge in [0.1, 0.15) is 5.75 Å². The maximum Gasteiger partial charge on any atom is 0.438 e. The lowest BCUT2D eigenvalue weighted by Crippen LogP contribution is -2.64. The lowest BCUT2D eigenvalue weighted by molar-refractivity contribution is -0.362. The fraction of sp³-hybridized carbons (Fsp3) is 0.417. The Kier molecular flexibility index (Phi) is 6.80. The van der Waals surface area contributed by atoms with Crippen LogP contribution in [0.2, 0.25) is 0 Å². The second-order valence-electron chi connectivity index (χ2n) is 9.18. The van der Waals surface area contributed by atoms with Crippen LogP contribution < -0.4 is 0 Å². The van der Waals surface area contributed by atoms with Crippen LogP contribution in [0.1, 0.15) is 47.4 Å². The van der Waals surface area contributed by atoms with Crippen molar-refractivity contribution in [1.29, 1.82) is 0 Å². The number of carbonyl (C=O) groups is 2. The molecule has 5 rings (SSSR count). The van der Waals surface area contributed by atoms with Crippen molar-refractivity contribution in [3.63, 3.8) is 0 Å². The molecule has 0 aromatic heterocycles. The molecule has 0 radical (unpaired) electrons. The first kappa shape index (κ1) is 27.9. The van der Waals surface area contributed by atoms with Gasteiger partial charge in [-0.15, -0.1) is 0 Å². The lowest BCUT2D eigenvalue weighted by Gasteiger charge is -2.44. The van der Waals surface area contributed by atoms with Crippen molar-refractivity contribution in [3.8, 4) is 0 Å². The second-order valence-corrected chi connectivity index (χ2v) is 10.6. The predicted octanol–water partition coefficient (Wildman–Crippen LogP) is 4.51. The lowest BCUT2D eigenvalue weighted by atomic mass is 9.59. The highest BCUT2D eigenvalue weighted by Gasteiger charge is 2.76. The fourth-order valence-corrected chi connectivity index (χ4v) is 6.06. The van der Waals surface area contributed by atoms with Crippen LogP contribution in [0.5, 0.6) is 0 Å². The Morgan fingerprint density at radius 3 is 1.79 bits per heavy atom. The van der Waals surface area contributed by atoms with Crippen LogP contribution in [-0.4, -0.2) is 54.7 Å². The van der Waals surface area contributed by atoms with E-state index in [2.05, 4.69) is 4.74 Å². The molecule has 3 aliphatic rings. The van der Waals surface area contributed by atoms with Crippen LogP contribution in [0, 0.1) is 5.92 Å². The van der Waals surface area contributed by atoms with Crippen molar-refractivity contribution in [1.82, 2.24) is 0 Å². The van der Waals surface area contributed by atoms with E-state index in [9.17, 15) is 44.3 Å². The molecule has 2 bridgehead atoms. The molecule has 0 heterocycles. The van der Waals surface area contributed by atoms with E-state index in [0.717, 1.165) is 22.3 Å². The summed E-state index contributed by atoms with van der Waals surface area (Å²) in [6.07, 6.45) is -15.0. The summed E-state index contributed by atoms with van der Waals surface area (Å²) >= 11 is 0.